The van der Waals surface area contributed by atoms with Crippen LogP contribution >= 0.6 is 11.8 Å². The van der Waals surface area contributed by atoms with E-state index in [1.807, 2.05) is 11.8 Å². The van der Waals surface area contributed by atoms with Gasteiger partial charge in [-0.2, -0.15) is 11.8 Å². The van der Waals surface area contributed by atoms with E-state index in [2.05, 4.69) is 26.1 Å². The second-order valence-electron chi connectivity index (χ2n) is 5.31. The van der Waals surface area contributed by atoms with Crippen molar-refractivity contribution < 1.29 is 9.59 Å². The Kier molecular flexibility index (Phi) is 3.03. The molecule has 2 saturated heterocycles. The molecule has 2 amide bonds. The number of rotatable bonds is 1. The first kappa shape index (κ1) is 12.0. The summed E-state index contributed by atoms with van der Waals surface area (Å²) in [5.74, 6) is 1.23. The van der Waals surface area contributed by atoms with Crippen LogP contribution in [-0.4, -0.2) is 22.8 Å². The lowest BCUT2D eigenvalue weighted by Gasteiger charge is -2.44. The lowest BCUT2D eigenvalue weighted by atomic mass is 9.62. The van der Waals surface area contributed by atoms with Crippen LogP contribution in [0.15, 0.2) is 0 Å². The molecule has 0 saturated carbocycles. The van der Waals surface area contributed by atoms with Crippen LogP contribution in [-0.2, 0) is 9.59 Å². The van der Waals surface area contributed by atoms with Crippen molar-refractivity contribution in [1.29, 1.82) is 0 Å². The second kappa shape index (κ2) is 4.06. The second-order valence-corrected chi connectivity index (χ2v) is 6.76. The molecule has 2 aliphatic rings. The topological polar surface area (TPSA) is 46.2 Å². The lowest BCUT2D eigenvalue weighted by Crippen LogP contribution is -2.56. The zero-order valence-corrected chi connectivity index (χ0v) is 10.9. The van der Waals surface area contributed by atoms with Crippen LogP contribution in [0.5, 0.6) is 0 Å². The van der Waals surface area contributed by atoms with Gasteiger partial charge in [-0.3, -0.25) is 14.9 Å². The molecule has 0 radical (unpaired) electrons. The minimum Gasteiger partial charge on any atom is -0.296 e. The molecule has 3 nitrogen and oxygen atoms in total. The van der Waals surface area contributed by atoms with Gasteiger partial charge >= 0.3 is 0 Å². The molecular weight excluding hydrogens is 222 g/mol. The fraction of sp³-hybridized carbons (Fsp3) is 0.833. The highest BCUT2D eigenvalue weighted by Crippen LogP contribution is 2.54. The van der Waals surface area contributed by atoms with Gasteiger partial charge in [-0.1, -0.05) is 20.8 Å². The maximum absolute atomic E-state index is 12.0. The summed E-state index contributed by atoms with van der Waals surface area (Å²) in [5, 5.41) is 2.91. The number of hydrogen-bond acceptors (Lipinski definition) is 3. The molecule has 2 rings (SSSR count). The summed E-state index contributed by atoms with van der Waals surface area (Å²) in [6.45, 7) is 6.33. The van der Waals surface area contributed by atoms with Gasteiger partial charge in [0.2, 0.25) is 11.8 Å². The fourth-order valence-corrected chi connectivity index (χ4v) is 4.86. The molecule has 3 unspecified atom stereocenters. The summed E-state index contributed by atoms with van der Waals surface area (Å²) in [5.41, 5.74) is -0.0851. The smallest absolute Gasteiger partial charge is 0.230 e. The molecule has 0 aromatic rings. The zero-order valence-electron chi connectivity index (χ0n) is 10.1. The lowest BCUT2D eigenvalue weighted by molar-refractivity contribution is -0.145. The summed E-state index contributed by atoms with van der Waals surface area (Å²) in [6.07, 6.45) is 1.52. The van der Waals surface area contributed by atoms with Crippen molar-refractivity contribution in [2.24, 2.45) is 17.3 Å². The molecule has 3 atom stereocenters. The molecule has 16 heavy (non-hydrogen) atoms. The normalized spacial score (nSPS) is 39.5. The summed E-state index contributed by atoms with van der Waals surface area (Å²) in [6, 6.07) is 0. The standard InChI is InChI=1S/C12H19NO2S/c1-7(2)10-11(15)13-9(14)6-12(10)4-5-16-8(12)3/h7-8,10H,4-6H2,1-3H3,(H,13,14,15). The molecule has 2 aliphatic heterocycles. The maximum Gasteiger partial charge on any atom is 0.230 e. The van der Waals surface area contributed by atoms with Crippen LogP contribution < -0.4 is 5.32 Å². The monoisotopic (exact) mass is 241 g/mol. The van der Waals surface area contributed by atoms with Crippen LogP contribution in [0.2, 0.25) is 0 Å². The van der Waals surface area contributed by atoms with E-state index in [0.717, 1.165) is 12.2 Å². The number of thioether (sulfide) groups is 1. The van der Waals surface area contributed by atoms with Crippen molar-refractivity contribution in [3.63, 3.8) is 0 Å². The highest BCUT2D eigenvalue weighted by molar-refractivity contribution is 8.00. The molecule has 1 spiro atoms. The number of amides is 2. The largest absolute Gasteiger partial charge is 0.296 e. The van der Waals surface area contributed by atoms with Crippen LogP contribution in [0, 0.1) is 17.3 Å². The van der Waals surface area contributed by atoms with E-state index in [9.17, 15) is 9.59 Å². The van der Waals surface area contributed by atoms with Crippen LogP contribution in [0.1, 0.15) is 33.6 Å². The maximum atomic E-state index is 12.0. The molecule has 2 fully saturated rings. The number of hydrogen-bond donors (Lipinski definition) is 1. The van der Waals surface area contributed by atoms with E-state index >= 15 is 0 Å². The number of piperidine rings is 1. The highest BCUT2D eigenvalue weighted by atomic mass is 32.2. The first-order chi connectivity index (χ1) is 7.47. The molecule has 0 aromatic carbocycles. The molecule has 0 aromatic heterocycles. The number of carbonyl (C=O) groups is 2. The molecular formula is C12H19NO2S. The third-order valence-corrected chi connectivity index (χ3v) is 5.48. The molecule has 4 heteroatoms. The number of nitrogens with one attached hydrogen (secondary N) is 1. The van der Waals surface area contributed by atoms with Crippen LogP contribution in [0.25, 0.3) is 0 Å². The van der Waals surface area contributed by atoms with Gasteiger partial charge in [0.15, 0.2) is 0 Å². The SMILES string of the molecule is CC(C)C1C(=O)NC(=O)CC12CCSC2C. The Bertz CT molecular complexity index is 329. The Hall–Kier alpha value is -0.510. The van der Waals surface area contributed by atoms with E-state index in [1.54, 1.807) is 0 Å². The predicted molar refractivity (Wildman–Crippen MR) is 65.1 cm³/mol. The van der Waals surface area contributed by atoms with E-state index in [0.29, 0.717) is 17.6 Å². The molecule has 2 heterocycles. The van der Waals surface area contributed by atoms with Crippen molar-refractivity contribution >= 4 is 23.6 Å². The van der Waals surface area contributed by atoms with E-state index in [-0.39, 0.29) is 23.1 Å². The number of imide groups is 1. The van der Waals surface area contributed by atoms with Gasteiger partial charge in [0.25, 0.3) is 0 Å². The summed E-state index contributed by atoms with van der Waals surface area (Å²) in [7, 11) is 0. The van der Waals surface area contributed by atoms with Gasteiger partial charge in [-0.25, -0.2) is 0 Å². The fourth-order valence-electron chi connectivity index (χ4n) is 3.33. The van der Waals surface area contributed by atoms with Gasteiger partial charge in [0, 0.05) is 23.0 Å². The summed E-state index contributed by atoms with van der Waals surface area (Å²) in [4.78, 5) is 23.6. The number of carbonyl (C=O) groups excluding carboxylic acids is 2. The van der Waals surface area contributed by atoms with Gasteiger partial charge < -0.3 is 0 Å². The Morgan fingerprint density at radius 1 is 1.44 bits per heavy atom. The third kappa shape index (κ3) is 1.67. The van der Waals surface area contributed by atoms with Crippen molar-refractivity contribution in [2.45, 2.75) is 38.9 Å². The van der Waals surface area contributed by atoms with Crippen LogP contribution in [0.4, 0.5) is 0 Å². The van der Waals surface area contributed by atoms with E-state index in [1.165, 1.54) is 0 Å². The van der Waals surface area contributed by atoms with Crippen molar-refractivity contribution in [1.82, 2.24) is 5.32 Å². The first-order valence-electron chi connectivity index (χ1n) is 5.92. The average Bonchev–Trinajstić information content (AvgIpc) is 2.45. The van der Waals surface area contributed by atoms with Crippen molar-refractivity contribution in [3.05, 3.63) is 0 Å². The van der Waals surface area contributed by atoms with Crippen molar-refractivity contribution in [2.75, 3.05) is 5.75 Å². The van der Waals surface area contributed by atoms with Gasteiger partial charge in [0.05, 0.1) is 0 Å². The Balaban J connectivity index is 2.37. The Morgan fingerprint density at radius 2 is 2.12 bits per heavy atom. The molecule has 0 aliphatic carbocycles. The molecule has 1 N–H and O–H groups in total. The predicted octanol–water partition coefficient (Wildman–Crippen LogP) is 1.82. The van der Waals surface area contributed by atoms with Gasteiger partial charge in [0.1, 0.15) is 0 Å². The first-order valence-corrected chi connectivity index (χ1v) is 6.97. The average molecular weight is 241 g/mol. The minimum atomic E-state index is -0.0868. The van der Waals surface area contributed by atoms with E-state index < -0.39 is 0 Å². The summed E-state index contributed by atoms with van der Waals surface area (Å²) < 4.78 is 0. The zero-order chi connectivity index (χ0) is 11.9. The quantitative estimate of drug-likeness (QED) is 0.712. The molecule has 0 bridgehead atoms. The highest BCUT2D eigenvalue weighted by Gasteiger charge is 2.54. The molecule has 90 valence electrons. The van der Waals surface area contributed by atoms with Gasteiger partial charge in [-0.15, -0.1) is 0 Å². The van der Waals surface area contributed by atoms with E-state index in [4.69, 9.17) is 0 Å². The Labute approximate surface area is 101 Å². The summed E-state index contributed by atoms with van der Waals surface area (Å²) >= 11 is 1.90. The minimum absolute atomic E-state index is 0.00444. The van der Waals surface area contributed by atoms with Crippen LogP contribution in [0.3, 0.4) is 0 Å². The third-order valence-electron chi connectivity index (χ3n) is 4.07. The van der Waals surface area contributed by atoms with Gasteiger partial charge in [-0.05, 0) is 18.1 Å². The Morgan fingerprint density at radius 3 is 2.62 bits per heavy atom. The van der Waals surface area contributed by atoms with Crippen molar-refractivity contribution in [3.8, 4) is 0 Å².